The molecule has 3 rings (SSSR count). The molecule has 25 heavy (non-hydrogen) atoms. The van der Waals surface area contributed by atoms with Crippen molar-refractivity contribution < 1.29 is 17.9 Å². The lowest BCUT2D eigenvalue weighted by atomic mass is 10.2. The highest BCUT2D eigenvalue weighted by atomic mass is 32.2. The molecule has 0 saturated carbocycles. The summed E-state index contributed by atoms with van der Waals surface area (Å²) in [5.41, 5.74) is 1.78. The molecule has 1 aliphatic rings. The number of aryl methyl sites for hydroxylation is 1. The number of sulfonamides is 1. The lowest BCUT2D eigenvalue weighted by molar-refractivity contribution is -0.0981. The molecule has 5 nitrogen and oxygen atoms in total. The van der Waals surface area contributed by atoms with Gasteiger partial charge in [0.15, 0.2) is 12.5 Å². The lowest BCUT2D eigenvalue weighted by Crippen LogP contribution is -2.35. The van der Waals surface area contributed by atoms with Crippen LogP contribution < -0.4 is 0 Å². The quantitative estimate of drug-likeness (QED) is 0.792. The number of nitrogens with zero attached hydrogens (tertiary/aromatic N) is 1. The lowest BCUT2D eigenvalue weighted by Gasteiger charge is -2.18. The summed E-state index contributed by atoms with van der Waals surface area (Å²) in [7, 11) is -2.25. The molecule has 0 N–H and O–H groups in total. The van der Waals surface area contributed by atoms with Crippen molar-refractivity contribution in [1.82, 2.24) is 4.31 Å². The zero-order valence-corrected chi connectivity index (χ0v) is 14.9. The molecule has 0 bridgehead atoms. The molecule has 1 aliphatic heterocycles. The van der Waals surface area contributed by atoms with E-state index in [0.717, 1.165) is 11.1 Å². The summed E-state index contributed by atoms with van der Waals surface area (Å²) in [6.45, 7) is 2.01. The fourth-order valence-corrected chi connectivity index (χ4v) is 3.89. The predicted octanol–water partition coefficient (Wildman–Crippen LogP) is 2.37. The topological polar surface area (TPSA) is 55.8 Å². The van der Waals surface area contributed by atoms with E-state index in [1.54, 1.807) is 24.3 Å². The summed E-state index contributed by atoms with van der Waals surface area (Å²) in [6, 6.07) is 16.1. The van der Waals surface area contributed by atoms with E-state index in [-0.39, 0.29) is 11.4 Å². The van der Waals surface area contributed by atoms with Crippen molar-refractivity contribution in [3.8, 4) is 11.8 Å². The Morgan fingerprint density at radius 1 is 1.12 bits per heavy atom. The minimum absolute atomic E-state index is 0.0981. The second kappa shape index (κ2) is 7.38. The third kappa shape index (κ3) is 3.91. The van der Waals surface area contributed by atoms with E-state index >= 15 is 0 Å². The largest absolute Gasteiger partial charge is 0.354 e. The average Bonchev–Trinajstić information content (AvgIpc) is 3.05. The first-order valence-electron chi connectivity index (χ1n) is 7.84. The minimum Gasteiger partial charge on any atom is -0.354 e. The van der Waals surface area contributed by atoms with Gasteiger partial charge in [0, 0.05) is 12.7 Å². The highest BCUT2D eigenvalue weighted by Crippen LogP contribution is 2.25. The van der Waals surface area contributed by atoms with Crippen LogP contribution in [0.1, 0.15) is 11.1 Å². The molecular formula is C19H19NO4S. The van der Waals surface area contributed by atoms with Crippen LogP contribution in [0, 0.1) is 18.8 Å². The fourth-order valence-electron chi connectivity index (χ4n) is 2.47. The summed E-state index contributed by atoms with van der Waals surface area (Å²) in [4.78, 5) is 0.213. The van der Waals surface area contributed by atoms with Crippen molar-refractivity contribution in [3.05, 3.63) is 65.7 Å². The molecule has 1 saturated heterocycles. The standard InChI is InChI=1S/C19H19NO4S/c1-15-8-11-17(12-9-15)25(21,22)20-14-19(23-2)24-18(20)13-10-16-6-4-3-5-7-16/h3-9,11-12,18-19H,14H2,1-2H3. The normalized spacial score (nSPS) is 20.9. The maximum atomic E-state index is 13.0. The monoisotopic (exact) mass is 357 g/mol. The molecule has 0 spiro atoms. The predicted molar refractivity (Wildman–Crippen MR) is 94.1 cm³/mol. The maximum Gasteiger partial charge on any atom is 0.246 e. The van der Waals surface area contributed by atoms with Gasteiger partial charge in [0.05, 0.1) is 11.4 Å². The Bertz CT molecular complexity index is 883. The van der Waals surface area contributed by atoms with Gasteiger partial charge >= 0.3 is 0 Å². The fraction of sp³-hybridized carbons (Fsp3) is 0.263. The Balaban J connectivity index is 1.92. The van der Waals surface area contributed by atoms with E-state index in [1.807, 2.05) is 37.3 Å². The van der Waals surface area contributed by atoms with Crippen LogP contribution in [-0.2, 0) is 19.5 Å². The minimum atomic E-state index is -3.73. The Labute approximate surface area is 148 Å². The molecule has 0 radical (unpaired) electrons. The van der Waals surface area contributed by atoms with Crippen LogP contribution in [0.4, 0.5) is 0 Å². The van der Waals surface area contributed by atoms with E-state index in [0.29, 0.717) is 0 Å². The molecule has 0 aromatic heterocycles. The maximum absolute atomic E-state index is 13.0. The highest BCUT2D eigenvalue weighted by molar-refractivity contribution is 7.89. The first kappa shape index (κ1) is 17.6. The first-order valence-corrected chi connectivity index (χ1v) is 9.28. The van der Waals surface area contributed by atoms with Gasteiger partial charge in [-0.15, -0.1) is 0 Å². The van der Waals surface area contributed by atoms with Crippen molar-refractivity contribution >= 4 is 10.0 Å². The molecule has 0 aliphatic carbocycles. The Morgan fingerprint density at radius 2 is 1.80 bits per heavy atom. The van der Waals surface area contributed by atoms with Gasteiger partial charge in [-0.1, -0.05) is 41.8 Å². The van der Waals surface area contributed by atoms with Crippen LogP contribution in [0.5, 0.6) is 0 Å². The highest BCUT2D eigenvalue weighted by Gasteiger charge is 2.40. The van der Waals surface area contributed by atoms with Gasteiger partial charge in [0.2, 0.25) is 10.0 Å². The van der Waals surface area contributed by atoms with E-state index in [2.05, 4.69) is 11.8 Å². The summed E-state index contributed by atoms with van der Waals surface area (Å²) in [6.07, 6.45) is -1.54. The molecule has 2 unspecified atom stereocenters. The summed E-state index contributed by atoms with van der Waals surface area (Å²) >= 11 is 0. The molecule has 6 heteroatoms. The molecule has 2 atom stereocenters. The first-order chi connectivity index (χ1) is 12.0. The average molecular weight is 357 g/mol. The van der Waals surface area contributed by atoms with Crippen LogP contribution in [0.25, 0.3) is 0 Å². The third-order valence-corrected chi connectivity index (χ3v) is 5.70. The molecule has 130 valence electrons. The van der Waals surface area contributed by atoms with E-state index in [4.69, 9.17) is 9.47 Å². The van der Waals surface area contributed by atoms with Gasteiger partial charge < -0.3 is 9.47 Å². The summed E-state index contributed by atoms with van der Waals surface area (Å²) in [5, 5.41) is 0. The third-order valence-electron chi connectivity index (χ3n) is 3.88. The van der Waals surface area contributed by atoms with Gasteiger partial charge in [0.1, 0.15) is 0 Å². The van der Waals surface area contributed by atoms with Crippen molar-refractivity contribution in [2.75, 3.05) is 13.7 Å². The van der Waals surface area contributed by atoms with Crippen LogP contribution >= 0.6 is 0 Å². The van der Waals surface area contributed by atoms with Gasteiger partial charge in [-0.05, 0) is 37.1 Å². The zero-order valence-electron chi connectivity index (χ0n) is 14.0. The van der Waals surface area contributed by atoms with E-state index < -0.39 is 22.5 Å². The summed E-state index contributed by atoms with van der Waals surface area (Å²) in [5.74, 6) is 5.85. The van der Waals surface area contributed by atoms with Crippen LogP contribution in [0.15, 0.2) is 59.5 Å². The number of benzene rings is 2. The number of methoxy groups -OCH3 is 1. The van der Waals surface area contributed by atoms with Crippen LogP contribution in [-0.4, -0.2) is 38.9 Å². The molecule has 0 amide bonds. The number of hydrogen-bond acceptors (Lipinski definition) is 4. The van der Waals surface area contributed by atoms with Crippen molar-refractivity contribution in [3.63, 3.8) is 0 Å². The zero-order chi connectivity index (χ0) is 17.9. The molecule has 2 aromatic carbocycles. The van der Waals surface area contributed by atoms with Crippen LogP contribution in [0.2, 0.25) is 0 Å². The Morgan fingerprint density at radius 3 is 2.44 bits per heavy atom. The van der Waals surface area contributed by atoms with Gasteiger partial charge in [0.25, 0.3) is 0 Å². The number of ether oxygens (including phenoxy) is 2. The van der Waals surface area contributed by atoms with Crippen molar-refractivity contribution in [1.29, 1.82) is 0 Å². The van der Waals surface area contributed by atoms with E-state index in [1.165, 1.54) is 11.4 Å². The molecule has 1 fully saturated rings. The van der Waals surface area contributed by atoms with E-state index in [9.17, 15) is 8.42 Å². The second-order valence-corrected chi connectivity index (χ2v) is 7.57. The molecule has 1 heterocycles. The number of rotatable bonds is 3. The van der Waals surface area contributed by atoms with Crippen molar-refractivity contribution in [2.45, 2.75) is 24.3 Å². The Kier molecular flexibility index (Phi) is 5.21. The van der Waals surface area contributed by atoms with Gasteiger partial charge in [-0.2, -0.15) is 4.31 Å². The van der Waals surface area contributed by atoms with Gasteiger partial charge in [-0.3, -0.25) is 0 Å². The SMILES string of the molecule is COC1CN(S(=O)(=O)c2ccc(C)cc2)C(C#Cc2ccccc2)O1. The smallest absolute Gasteiger partial charge is 0.246 e. The van der Waals surface area contributed by atoms with Crippen LogP contribution in [0.3, 0.4) is 0 Å². The Hall–Kier alpha value is -2.17. The van der Waals surface area contributed by atoms with Gasteiger partial charge in [-0.25, -0.2) is 8.42 Å². The second-order valence-electron chi connectivity index (χ2n) is 5.68. The molecule has 2 aromatic rings. The number of hydrogen-bond donors (Lipinski definition) is 0. The molecular weight excluding hydrogens is 338 g/mol. The summed E-state index contributed by atoms with van der Waals surface area (Å²) < 4.78 is 37.9. The van der Waals surface area contributed by atoms with Crippen molar-refractivity contribution in [2.24, 2.45) is 0 Å².